The van der Waals surface area contributed by atoms with E-state index >= 15 is 0 Å². The Morgan fingerprint density at radius 3 is 2.60 bits per heavy atom. The predicted octanol–water partition coefficient (Wildman–Crippen LogP) is 4.58. The van der Waals surface area contributed by atoms with Crippen molar-refractivity contribution >= 4 is 10.9 Å². The lowest BCUT2D eigenvalue weighted by molar-refractivity contribution is -0.133. The summed E-state index contributed by atoms with van der Waals surface area (Å²) in [5.74, 6) is 0.541. The fraction of sp³-hybridized carbons (Fsp3) is 0.579. The minimum atomic E-state index is -4.07. The fourth-order valence-corrected chi connectivity index (χ4v) is 3.65. The van der Waals surface area contributed by atoms with Crippen molar-refractivity contribution in [2.45, 2.75) is 57.7 Å². The maximum absolute atomic E-state index is 12.2. The highest BCUT2D eigenvalue weighted by Crippen LogP contribution is 2.29. The van der Waals surface area contributed by atoms with Crippen LogP contribution in [0.4, 0.5) is 13.2 Å². The van der Waals surface area contributed by atoms with E-state index in [1.165, 1.54) is 5.56 Å². The molecule has 6 heteroatoms. The summed E-state index contributed by atoms with van der Waals surface area (Å²) in [6.45, 7) is 2.09. The Hall–Kier alpha value is -1.69. The van der Waals surface area contributed by atoms with E-state index < -0.39 is 12.6 Å². The monoisotopic (exact) mass is 351 g/mol. The molecule has 1 fully saturated rings. The standard InChI is InChI=1S/C19H24F3N3/c1-13-2-7-17-16(10-13)18(25-12-24-17)11-14-3-5-15(6-4-14)23-9-8-19(20,21)22/h2,7,10,12,14-15,23H,3-6,8-9,11H2,1H3. The molecule has 0 saturated heterocycles. The molecule has 2 aromatic rings. The molecule has 3 nitrogen and oxygen atoms in total. The summed E-state index contributed by atoms with van der Waals surface area (Å²) < 4.78 is 36.7. The molecule has 0 radical (unpaired) electrons. The number of nitrogens with one attached hydrogen (secondary N) is 1. The van der Waals surface area contributed by atoms with Crippen LogP contribution in [0.1, 0.15) is 43.4 Å². The summed E-state index contributed by atoms with van der Waals surface area (Å²) in [4.78, 5) is 8.81. The Kier molecular flexibility index (Phi) is 5.57. The molecule has 25 heavy (non-hydrogen) atoms. The lowest BCUT2D eigenvalue weighted by atomic mass is 9.83. The first-order valence-corrected chi connectivity index (χ1v) is 8.91. The Morgan fingerprint density at radius 2 is 1.88 bits per heavy atom. The molecule has 1 heterocycles. The highest BCUT2D eigenvalue weighted by atomic mass is 19.4. The zero-order chi connectivity index (χ0) is 17.9. The molecule has 0 amide bonds. The zero-order valence-electron chi connectivity index (χ0n) is 14.4. The maximum Gasteiger partial charge on any atom is 0.390 e. The van der Waals surface area contributed by atoms with Crippen LogP contribution in [0.25, 0.3) is 10.9 Å². The van der Waals surface area contributed by atoms with Crippen LogP contribution in [0.15, 0.2) is 24.5 Å². The third-order valence-electron chi connectivity index (χ3n) is 5.04. The fourth-order valence-electron chi connectivity index (χ4n) is 3.65. The van der Waals surface area contributed by atoms with Gasteiger partial charge in [-0.25, -0.2) is 9.97 Å². The zero-order valence-corrected chi connectivity index (χ0v) is 14.4. The van der Waals surface area contributed by atoms with Gasteiger partial charge in [0, 0.05) is 18.0 Å². The molecule has 0 bridgehead atoms. The van der Waals surface area contributed by atoms with Gasteiger partial charge >= 0.3 is 6.18 Å². The van der Waals surface area contributed by atoms with E-state index in [0.717, 1.165) is 48.7 Å². The molecule has 3 rings (SSSR count). The van der Waals surface area contributed by atoms with Gasteiger partial charge in [0.15, 0.2) is 0 Å². The van der Waals surface area contributed by atoms with Gasteiger partial charge in [-0.3, -0.25) is 0 Å². The minimum Gasteiger partial charge on any atom is -0.314 e. The van der Waals surface area contributed by atoms with Crippen molar-refractivity contribution in [1.29, 1.82) is 0 Å². The van der Waals surface area contributed by atoms with E-state index in [1.807, 2.05) is 6.07 Å². The average Bonchev–Trinajstić information content (AvgIpc) is 2.56. The minimum absolute atomic E-state index is 0.0225. The van der Waals surface area contributed by atoms with Crippen molar-refractivity contribution < 1.29 is 13.2 Å². The molecular weight excluding hydrogens is 327 g/mol. The first-order chi connectivity index (χ1) is 11.9. The van der Waals surface area contributed by atoms with Crippen LogP contribution in [-0.2, 0) is 6.42 Å². The van der Waals surface area contributed by atoms with Crippen LogP contribution >= 0.6 is 0 Å². The normalized spacial score (nSPS) is 21.6. The number of hydrogen-bond acceptors (Lipinski definition) is 3. The van der Waals surface area contributed by atoms with Crippen LogP contribution in [0.3, 0.4) is 0 Å². The Bertz CT molecular complexity index is 707. The third-order valence-corrected chi connectivity index (χ3v) is 5.04. The van der Waals surface area contributed by atoms with Gasteiger partial charge < -0.3 is 5.32 Å². The number of halogens is 3. The summed E-state index contributed by atoms with van der Waals surface area (Å²) in [6.07, 6.45) is 1.64. The second-order valence-corrected chi connectivity index (χ2v) is 7.08. The number of aromatic nitrogens is 2. The van der Waals surface area contributed by atoms with E-state index in [2.05, 4.69) is 34.3 Å². The Morgan fingerprint density at radius 1 is 1.12 bits per heavy atom. The summed E-state index contributed by atoms with van der Waals surface area (Å²) in [5.41, 5.74) is 3.25. The third kappa shape index (κ3) is 5.14. The van der Waals surface area contributed by atoms with Crippen molar-refractivity contribution in [3.05, 3.63) is 35.8 Å². The molecule has 0 spiro atoms. The van der Waals surface area contributed by atoms with E-state index in [0.29, 0.717) is 5.92 Å². The average molecular weight is 351 g/mol. The van der Waals surface area contributed by atoms with Gasteiger partial charge in [-0.15, -0.1) is 0 Å². The van der Waals surface area contributed by atoms with E-state index in [1.54, 1.807) is 6.33 Å². The van der Waals surface area contributed by atoms with Crippen LogP contribution in [0.2, 0.25) is 0 Å². The highest BCUT2D eigenvalue weighted by molar-refractivity contribution is 5.81. The second-order valence-electron chi connectivity index (χ2n) is 7.08. The van der Waals surface area contributed by atoms with Crippen LogP contribution in [0.5, 0.6) is 0 Å². The summed E-state index contributed by atoms with van der Waals surface area (Å²) in [6, 6.07) is 6.42. The molecule has 1 aliphatic carbocycles. The predicted molar refractivity (Wildman–Crippen MR) is 92.4 cm³/mol. The van der Waals surface area contributed by atoms with Gasteiger partial charge in [0.05, 0.1) is 17.6 Å². The SMILES string of the molecule is Cc1ccc2ncnc(CC3CCC(NCCC(F)(F)F)CC3)c2c1. The number of hydrogen-bond donors (Lipinski definition) is 1. The number of rotatable bonds is 5. The molecular formula is C19H24F3N3. The van der Waals surface area contributed by atoms with Crippen LogP contribution < -0.4 is 5.32 Å². The molecule has 1 aromatic carbocycles. The molecule has 0 atom stereocenters. The van der Waals surface area contributed by atoms with Gasteiger partial charge in [-0.1, -0.05) is 11.6 Å². The molecule has 1 aliphatic rings. The van der Waals surface area contributed by atoms with Crippen molar-refractivity contribution in [2.75, 3.05) is 6.54 Å². The second kappa shape index (κ2) is 7.68. The smallest absolute Gasteiger partial charge is 0.314 e. The van der Waals surface area contributed by atoms with Crippen LogP contribution in [0, 0.1) is 12.8 Å². The Balaban J connectivity index is 1.54. The quantitative estimate of drug-likeness (QED) is 0.857. The highest BCUT2D eigenvalue weighted by Gasteiger charge is 2.28. The molecule has 1 saturated carbocycles. The van der Waals surface area contributed by atoms with E-state index in [-0.39, 0.29) is 12.6 Å². The number of alkyl halides is 3. The first kappa shape index (κ1) is 18.1. The summed E-state index contributed by atoms with van der Waals surface area (Å²) in [7, 11) is 0. The maximum atomic E-state index is 12.2. The number of nitrogens with zero attached hydrogens (tertiary/aromatic N) is 2. The van der Waals surface area contributed by atoms with Gasteiger partial charge in [0.1, 0.15) is 6.33 Å². The number of fused-ring (bicyclic) bond motifs is 1. The van der Waals surface area contributed by atoms with E-state index in [4.69, 9.17) is 0 Å². The molecule has 0 unspecified atom stereocenters. The van der Waals surface area contributed by atoms with Gasteiger partial charge in [-0.2, -0.15) is 13.2 Å². The molecule has 1 N–H and O–H groups in total. The number of aryl methyl sites for hydroxylation is 1. The van der Waals surface area contributed by atoms with Gasteiger partial charge in [0.2, 0.25) is 0 Å². The largest absolute Gasteiger partial charge is 0.390 e. The van der Waals surface area contributed by atoms with Crippen LogP contribution in [-0.4, -0.2) is 28.7 Å². The van der Waals surface area contributed by atoms with Gasteiger partial charge in [0.25, 0.3) is 0 Å². The molecule has 1 aromatic heterocycles. The van der Waals surface area contributed by atoms with E-state index in [9.17, 15) is 13.2 Å². The topological polar surface area (TPSA) is 37.8 Å². The summed E-state index contributed by atoms with van der Waals surface area (Å²) in [5, 5.41) is 4.17. The molecule has 136 valence electrons. The van der Waals surface area contributed by atoms with Crippen molar-refractivity contribution in [3.8, 4) is 0 Å². The lowest BCUT2D eigenvalue weighted by Crippen LogP contribution is -2.35. The number of benzene rings is 1. The van der Waals surface area contributed by atoms with Crippen molar-refractivity contribution in [1.82, 2.24) is 15.3 Å². The Labute approximate surface area is 146 Å². The summed E-state index contributed by atoms with van der Waals surface area (Å²) >= 11 is 0. The van der Waals surface area contributed by atoms with Gasteiger partial charge in [-0.05, 0) is 57.1 Å². The van der Waals surface area contributed by atoms with Crippen molar-refractivity contribution in [3.63, 3.8) is 0 Å². The first-order valence-electron chi connectivity index (χ1n) is 8.91. The van der Waals surface area contributed by atoms with Crippen molar-refractivity contribution in [2.24, 2.45) is 5.92 Å². The lowest BCUT2D eigenvalue weighted by Gasteiger charge is -2.29. The molecule has 0 aliphatic heterocycles.